The number of ether oxygens (including phenoxy) is 2. The predicted molar refractivity (Wildman–Crippen MR) is 225 cm³/mol. The van der Waals surface area contributed by atoms with Crippen LogP contribution in [0.25, 0.3) is 0 Å². The quantitative estimate of drug-likeness (QED) is 0.0310. The summed E-state index contributed by atoms with van der Waals surface area (Å²) in [6, 6.07) is 3.25. The Balaban J connectivity index is 2.25. The summed E-state index contributed by atoms with van der Waals surface area (Å²) in [5.74, 6) is -1.56. The summed E-state index contributed by atoms with van der Waals surface area (Å²) in [5, 5.41) is 0. The first kappa shape index (κ1) is 49.6. The van der Waals surface area contributed by atoms with E-state index in [1.54, 1.807) is 0 Å². The molecule has 0 aromatic heterocycles. The van der Waals surface area contributed by atoms with Crippen molar-refractivity contribution in [1.29, 1.82) is 0 Å². The minimum absolute atomic E-state index is 0.0859. The number of hydrogen-bond acceptors (Lipinski definition) is 6. The van der Waals surface area contributed by atoms with Crippen LogP contribution < -0.4 is 0 Å². The predicted octanol–water partition coefficient (Wildman–Crippen LogP) is 14.1. The van der Waals surface area contributed by atoms with E-state index in [2.05, 4.69) is 38.2 Å². The molecule has 0 aliphatic heterocycles. The highest BCUT2D eigenvalue weighted by molar-refractivity contribution is 7.85. The van der Waals surface area contributed by atoms with Crippen LogP contribution in [-0.4, -0.2) is 38.1 Å². The summed E-state index contributed by atoms with van der Waals surface area (Å²) < 4.78 is 43.8. The van der Waals surface area contributed by atoms with Crippen molar-refractivity contribution in [2.75, 3.05) is 13.2 Å². The van der Waals surface area contributed by atoms with Crippen molar-refractivity contribution >= 4 is 22.1 Å². The lowest BCUT2D eigenvalue weighted by atomic mass is 10.0. The lowest BCUT2D eigenvalue weighted by Crippen LogP contribution is -2.16. The van der Waals surface area contributed by atoms with Crippen LogP contribution in [0.15, 0.2) is 47.4 Å². The number of rotatable bonds is 37. The van der Waals surface area contributed by atoms with E-state index in [0.717, 1.165) is 37.8 Å². The first-order chi connectivity index (χ1) is 26.3. The van der Waals surface area contributed by atoms with E-state index in [4.69, 9.17) is 9.47 Å². The second kappa shape index (κ2) is 35.0. The fourth-order valence-electron chi connectivity index (χ4n) is 6.60. The van der Waals surface area contributed by atoms with Crippen LogP contribution in [0.3, 0.4) is 0 Å². The summed E-state index contributed by atoms with van der Waals surface area (Å²) >= 11 is 0. The molecular formula is C46H78O7S. The second-order valence-electron chi connectivity index (χ2n) is 15.0. The average molecular weight is 775 g/mol. The maximum Gasteiger partial charge on any atom is 0.339 e. The summed E-state index contributed by atoms with van der Waals surface area (Å²) in [5.41, 5.74) is -0.322. The monoisotopic (exact) mass is 775 g/mol. The molecule has 54 heavy (non-hydrogen) atoms. The van der Waals surface area contributed by atoms with Gasteiger partial charge in [0.1, 0.15) is 0 Å². The van der Waals surface area contributed by atoms with Crippen molar-refractivity contribution in [1.82, 2.24) is 0 Å². The normalized spacial score (nSPS) is 11.9. The average Bonchev–Trinajstić information content (AvgIpc) is 3.16. The Bertz CT molecular complexity index is 1240. The molecule has 1 aromatic rings. The molecular weight excluding hydrogens is 697 g/mol. The molecule has 1 rings (SSSR count). The molecule has 0 amide bonds. The van der Waals surface area contributed by atoms with Crippen molar-refractivity contribution in [3.05, 3.63) is 53.6 Å². The van der Waals surface area contributed by atoms with E-state index in [1.807, 2.05) is 0 Å². The number of carbonyl (C=O) groups is 2. The second-order valence-corrected chi connectivity index (χ2v) is 16.5. The fourth-order valence-corrected chi connectivity index (χ4v) is 7.10. The van der Waals surface area contributed by atoms with Crippen LogP contribution in [0.2, 0.25) is 0 Å². The van der Waals surface area contributed by atoms with Crippen LogP contribution >= 0.6 is 0 Å². The van der Waals surface area contributed by atoms with Crippen LogP contribution in [-0.2, 0) is 19.6 Å². The van der Waals surface area contributed by atoms with Crippen LogP contribution in [0, 0.1) is 0 Å². The van der Waals surface area contributed by atoms with E-state index in [1.165, 1.54) is 160 Å². The largest absolute Gasteiger partial charge is 0.462 e. The highest BCUT2D eigenvalue weighted by Crippen LogP contribution is 2.20. The number of carbonyl (C=O) groups excluding carboxylic acids is 2. The van der Waals surface area contributed by atoms with E-state index in [9.17, 15) is 22.6 Å². The zero-order valence-corrected chi connectivity index (χ0v) is 35.3. The molecule has 8 heteroatoms. The van der Waals surface area contributed by atoms with Gasteiger partial charge < -0.3 is 9.47 Å². The third kappa shape index (κ3) is 28.0. The molecule has 7 nitrogen and oxygen atoms in total. The number of hydrogen-bond donors (Lipinski definition) is 1. The Kier molecular flexibility index (Phi) is 32.1. The van der Waals surface area contributed by atoms with Gasteiger partial charge in [-0.3, -0.25) is 4.55 Å². The Labute approximate surface area is 331 Å². The topological polar surface area (TPSA) is 107 Å². The summed E-state index contributed by atoms with van der Waals surface area (Å²) in [4.78, 5) is 25.3. The van der Waals surface area contributed by atoms with E-state index >= 15 is 0 Å². The molecule has 0 fully saturated rings. The van der Waals surface area contributed by atoms with Gasteiger partial charge in [0.15, 0.2) is 0 Å². The van der Waals surface area contributed by atoms with Crippen LogP contribution in [0.4, 0.5) is 0 Å². The Morgan fingerprint density at radius 1 is 0.481 bits per heavy atom. The molecule has 0 saturated heterocycles. The molecule has 0 aliphatic carbocycles. The first-order valence-corrected chi connectivity index (χ1v) is 23.5. The van der Waals surface area contributed by atoms with Gasteiger partial charge in [-0.15, -0.1) is 0 Å². The highest BCUT2D eigenvalue weighted by Gasteiger charge is 2.23. The van der Waals surface area contributed by atoms with Crippen molar-refractivity contribution < 1.29 is 32.0 Å². The van der Waals surface area contributed by atoms with Gasteiger partial charge in [-0.1, -0.05) is 179 Å². The first-order valence-electron chi connectivity index (χ1n) is 22.1. The third-order valence-corrected chi connectivity index (χ3v) is 10.9. The molecule has 0 saturated carbocycles. The Morgan fingerprint density at radius 3 is 1.15 bits per heavy atom. The van der Waals surface area contributed by atoms with Crippen LogP contribution in [0.5, 0.6) is 0 Å². The lowest BCUT2D eigenvalue weighted by molar-refractivity contribution is 0.0453. The smallest absolute Gasteiger partial charge is 0.339 e. The number of esters is 2. The van der Waals surface area contributed by atoms with Gasteiger partial charge in [0, 0.05) is 0 Å². The molecule has 0 heterocycles. The summed E-state index contributed by atoms with van der Waals surface area (Å²) in [7, 11) is -4.58. The summed E-state index contributed by atoms with van der Waals surface area (Å²) in [6.07, 6.45) is 45.5. The van der Waals surface area contributed by atoms with E-state index in [-0.39, 0.29) is 24.3 Å². The number of benzene rings is 1. The standard InChI is InChI=1S/C46H78O7S/c1-3-5-7-9-11-13-15-17-19-21-23-25-27-29-31-33-35-39-52-45(47)43-38-37-42(54(49,50)51)41-44(43)46(48)53-40-36-34-32-30-28-26-24-22-20-18-16-14-12-10-8-6-4-2/h29-32,37-38,41H,3-28,33-36,39-40H2,1-2H3,(H,49,50,51)/b31-29+,32-30+. The molecule has 1 N–H and O–H groups in total. The maximum atomic E-state index is 12.9. The van der Waals surface area contributed by atoms with Gasteiger partial charge in [-0.05, 0) is 69.6 Å². The van der Waals surface area contributed by atoms with Gasteiger partial charge in [0.2, 0.25) is 0 Å². The van der Waals surface area contributed by atoms with Crippen molar-refractivity contribution in [3.8, 4) is 0 Å². The van der Waals surface area contributed by atoms with Crippen molar-refractivity contribution in [2.24, 2.45) is 0 Å². The van der Waals surface area contributed by atoms with Gasteiger partial charge >= 0.3 is 11.9 Å². The third-order valence-electron chi connectivity index (χ3n) is 10.0. The number of unbranched alkanes of at least 4 members (excludes halogenated alkanes) is 26. The molecule has 0 atom stereocenters. The molecule has 0 spiro atoms. The van der Waals surface area contributed by atoms with E-state index < -0.39 is 27.0 Å². The fraction of sp³-hybridized carbons (Fsp3) is 0.739. The van der Waals surface area contributed by atoms with Crippen LogP contribution in [0.1, 0.15) is 227 Å². The molecule has 0 radical (unpaired) electrons. The Morgan fingerprint density at radius 2 is 0.796 bits per heavy atom. The number of allylic oxidation sites excluding steroid dienone is 4. The van der Waals surface area contributed by atoms with Crippen molar-refractivity contribution in [2.45, 2.75) is 211 Å². The van der Waals surface area contributed by atoms with Crippen molar-refractivity contribution in [3.63, 3.8) is 0 Å². The minimum Gasteiger partial charge on any atom is -0.462 e. The lowest BCUT2D eigenvalue weighted by Gasteiger charge is -2.11. The molecule has 0 bridgehead atoms. The zero-order chi connectivity index (χ0) is 39.4. The van der Waals surface area contributed by atoms with Gasteiger partial charge in [0.05, 0.1) is 29.2 Å². The Hall–Kier alpha value is -2.45. The summed E-state index contributed by atoms with van der Waals surface area (Å²) in [6.45, 7) is 4.81. The molecule has 0 unspecified atom stereocenters. The SMILES string of the molecule is CCCCCCCCCCCCCC/C=C/CCCOC(=O)c1ccc(S(=O)(=O)O)cc1C(=O)OCCC/C=C/CCCCCCCCCCCCCC. The van der Waals surface area contributed by atoms with Gasteiger partial charge in [-0.2, -0.15) is 8.42 Å². The molecule has 1 aromatic carbocycles. The van der Waals surface area contributed by atoms with E-state index in [0.29, 0.717) is 12.8 Å². The maximum absolute atomic E-state index is 12.9. The zero-order valence-electron chi connectivity index (χ0n) is 34.5. The van der Waals surface area contributed by atoms with Gasteiger partial charge in [-0.25, -0.2) is 9.59 Å². The molecule has 0 aliphatic rings. The highest BCUT2D eigenvalue weighted by atomic mass is 32.2. The minimum atomic E-state index is -4.58. The molecule has 310 valence electrons. The van der Waals surface area contributed by atoms with Gasteiger partial charge in [0.25, 0.3) is 10.1 Å².